The van der Waals surface area contributed by atoms with Gasteiger partial charge in [0.05, 0.1) is 12.3 Å². The Kier molecular flexibility index (Phi) is 5.04. The molecule has 6 rings (SSSR count). The summed E-state index contributed by atoms with van der Waals surface area (Å²) in [6.07, 6.45) is 5.86. The van der Waals surface area contributed by atoms with Crippen LogP contribution in [0.15, 0.2) is 48.5 Å². The van der Waals surface area contributed by atoms with Gasteiger partial charge >= 0.3 is 0 Å². The number of aryl methyl sites for hydroxylation is 3. The summed E-state index contributed by atoms with van der Waals surface area (Å²) in [4.78, 5) is 8.04. The molecule has 2 aromatic carbocycles. The van der Waals surface area contributed by atoms with Crippen molar-refractivity contribution in [3.8, 4) is 28.1 Å². The number of hydrogen-bond donors (Lipinski definition) is 0. The monoisotopic (exact) mass is 433 g/mol. The van der Waals surface area contributed by atoms with Gasteiger partial charge in [-0.25, -0.2) is 4.98 Å². The van der Waals surface area contributed by atoms with E-state index in [4.69, 9.17) is 9.72 Å². The molecule has 2 aromatic heterocycles. The maximum absolute atomic E-state index is 6.16. The molecule has 2 aliphatic rings. The standard InChI is InChI=1S/C26H23NOS.ClH/c1-16-11-12-21-20(15-16)25-19(13-14-28-21)23(17-7-3-2-4-8-17)24-18-9-5-6-10-22(18)29-26(24)27-25;/h2-4,7-8,11-12,15H,5-6,9-10,13-14H2,1H3;1H. The molecule has 0 bridgehead atoms. The molecule has 0 fully saturated rings. The van der Waals surface area contributed by atoms with Crippen molar-refractivity contribution >= 4 is 34.0 Å². The maximum atomic E-state index is 6.16. The molecule has 30 heavy (non-hydrogen) atoms. The molecule has 0 radical (unpaired) electrons. The molecular weight excluding hydrogens is 410 g/mol. The van der Waals surface area contributed by atoms with E-state index in [0.29, 0.717) is 6.61 Å². The third-order valence-electron chi connectivity index (χ3n) is 6.27. The normalized spacial score (nSPS) is 14.7. The minimum Gasteiger partial charge on any atom is -0.493 e. The van der Waals surface area contributed by atoms with Gasteiger partial charge in [-0.3, -0.25) is 0 Å². The van der Waals surface area contributed by atoms with Gasteiger partial charge in [0.1, 0.15) is 10.6 Å². The first-order valence-electron chi connectivity index (χ1n) is 10.6. The number of fused-ring (bicyclic) bond motifs is 6. The van der Waals surface area contributed by atoms with E-state index in [1.54, 1.807) is 10.4 Å². The molecule has 2 nitrogen and oxygen atoms in total. The zero-order chi connectivity index (χ0) is 19.4. The summed E-state index contributed by atoms with van der Waals surface area (Å²) in [6, 6.07) is 17.4. The highest BCUT2D eigenvalue weighted by molar-refractivity contribution is 7.19. The molecule has 0 unspecified atom stereocenters. The van der Waals surface area contributed by atoms with E-state index >= 15 is 0 Å². The number of nitrogens with zero attached hydrogens (tertiary/aromatic N) is 1. The third kappa shape index (κ3) is 3.03. The zero-order valence-corrected chi connectivity index (χ0v) is 18.7. The second-order valence-corrected chi connectivity index (χ2v) is 9.25. The average molecular weight is 434 g/mol. The van der Waals surface area contributed by atoms with Crippen molar-refractivity contribution in [2.24, 2.45) is 0 Å². The summed E-state index contributed by atoms with van der Waals surface area (Å²) in [5.41, 5.74) is 9.10. The van der Waals surface area contributed by atoms with E-state index in [0.717, 1.165) is 23.4 Å². The second kappa shape index (κ2) is 7.72. The van der Waals surface area contributed by atoms with Crippen LogP contribution in [0.3, 0.4) is 0 Å². The van der Waals surface area contributed by atoms with Crippen molar-refractivity contribution in [2.75, 3.05) is 6.61 Å². The lowest BCUT2D eigenvalue weighted by molar-refractivity contribution is 0.326. The Morgan fingerprint density at radius 1 is 0.933 bits per heavy atom. The Morgan fingerprint density at radius 2 is 1.77 bits per heavy atom. The van der Waals surface area contributed by atoms with Crippen LogP contribution in [0.1, 0.15) is 34.4 Å². The largest absolute Gasteiger partial charge is 0.493 e. The van der Waals surface area contributed by atoms with E-state index in [1.165, 1.54) is 58.2 Å². The quantitative estimate of drug-likeness (QED) is 0.317. The van der Waals surface area contributed by atoms with Crippen molar-refractivity contribution in [3.05, 3.63) is 70.1 Å². The SMILES string of the molecule is Cc1ccc2c(c1)-c1nc3sc4c(c3c(-c3ccccc3)c1CCO2)CCCC4.Cl. The predicted molar refractivity (Wildman–Crippen MR) is 128 cm³/mol. The highest BCUT2D eigenvalue weighted by Crippen LogP contribution is 2.47. The number of halogens is 1. The van der Waals surface area contributed by atoms with Crippen LogP contribution >= 0.6 is 23.7 Å². The molecule has 0 N–H and O–H groups in total. The van der Waals surface area contributed by atoms with E-state index in [1.807, 2.05) is 11.3 Å². The lowest BCUT2D eigenvalue weighted by atomic mass is 9.88. The molecule has 0 saturated carbocycles. The molecule has 4 aromatic rings. The lowest BCUT2D eigenvalue weighted by Gasteiger charge is -2.17. The molecule has 3 heterocycles. The van der Waals surface area contributed by atoms with E-state index < -0.39 is 0 Å². The minimum atomic E-state index is 0. The van der Waals surface area contributed by atoms with Crippen LogP contribution in [0.2, 0.25) is 0 Å². The van der Waals surface area contributed by atoms with Gasteiger partial charge in [0.2, 0.25) is 0 Å². The minimum absolute atomic E-state index is 0. The number of benzene rings is 2. The highest BCUT2D eigenvalue weighted by atomic mass is 35.5. The number of rotatable bonds is 1. The summed E-state index contributed by atoms with van der Waals surface area (Å²) in [5.74, 6) is 0.960. The van der Waals surface area contributed by atoms with Crippen LogP contribution in [0, 0.1) is 6.92 Å². The van der Waals surface area contributed by atoms with E-state index in [9.17, 15) is 0 Å². The lowest BCUT2D eigenvalue weighted by Crippen LogP contribution is -2.03. The summed E-state index contributed by atoms with van der Waals surface area (Å²) < 4.78 is 6.16. The van der Waals surface area contributed by atoms with Crippen molar-refractivity contribution < 1.29 is 4.74 Å². The number of ether oxygens (including phenoxy) is 1. The van der Waals surface area contributed by atoms with Gasteiger partial charge in [0, 0.05) is 22.2 Å². The average Bonchev–Trinajstić information content (AvgIpc) is 3.03. The molecule has 0 amide bonds. The molecule has 4 heteroatoms. The molecule has 1 aliphatic carbocycles. The molecule has 0 spiro atoms. The van der Waals surface area contributed by atoms with Gasteiger partial charge < -0.3 is 4.74 Å². The van der Waals surface area contributed by atoms with Gasteiger partial charge in [-0.05, 0) is 67.0 Å². The predicted octanol–water partition coefficient (Wildman–Crippen LogP) is 7.17. The molecular formula is C26H24ClNOS. The smallest absolute Gasteiger partial charge is 0.128 e. The van der Waals surface area contributed by atoms with E-state index in [2.05, 4.69) is 55.5 Å². The summed E-state index contributed by atoms with van der Waals surface area (Å²) in [7, 11) is 0. The fourth-order valence-electron chi connectivity index (χ4n) is 4.93. The van der Waals surface area contributed by atoms with Gasteiger partial charge in [-0.2, -0.15) is 0 Å². The maximum Gasteiger partial charge on any atom is 0.128 e. The van der Waals surface area contributed by atoms with E-state index in [-0.39, 0.29) is 12.4 Å². The van der Waals surface area contributed by atoms with Crippen LogP contribution in [0.4, 0.5) is 0 Å². The van der Waals surface area contributed by atoms with Crippen molar-refractivity contribution in [2.45, 2.75) is 39.0 Å². The van der Waals surface area contributed by atoms with Crippen molar-refractivity contribution in [3.63, 3.8) is 0 Å². The third-order valence-corrected chi connectivity index (χ3v) is 7.45. The number of pyridine rings is 1. The topological polar surface area (TPSA) is 22.1 Å². The number of thiophene rings is 1. The molecule has 0 saturated heterocycles. The Balaban J connectivity index is 0.00000193. The Bertz CT molecular complexity index is 1250. The summed E-state index contributed by atoms with van der Waals surface area (Å²) in [6.45, 7) is 2.84. The van der Waals surface area contributed by atoms with Crippen molar-refractivity contribution in [1.29, 1.82) is 0 Å². The Morgan fingerprint density at radius 3 is 2.63 bits per heavy atom. The van der Waals surface area contributed by atoms with Crippen LogP contribution < -0.4 is 4.74 Å². The molecule has 152 valence electrons. The Labute approximate surface area is 187 Å². The first-order chi connectivity index (χ1) is 14.3. The van der Waals surface area contributed by atoms with Gasteiger partial charge in [0.15, 0.2) is 0 Å². The number of aromatic nitrogens is 1. The zero-order valence-electron chi connectivity index (χ0n) is 17.0. The van der Waals surface area contributed by atoms with Gasteiger partial charge in [-0.1, -0.05) is 42.0 Å². The van der Waals surface area contributed by atoms with Crippen LogP contribution in [-0.4, -0.2) is 11.6 Å². The van der Waals surface area contributed by atoms with Gasteiger partial charge in [0.25, 0.3) is 0 Å². The molecule has 0 atom stereocenters. The molecule has 1 aliphatic heterocycles. The van der Waals surface area contributed by atoms with Crippen LogP contribution in [-0.2, 0) is 19.3 Å². The van der Waals surface area contributed by atoms with Crippen LogP contribution in [0.25, 0.3) is 32.6 Å². The first kappa shape index (κ1) is 19.6. The van der Waals surface area contributed by atoms with Crippen LogP contribution in [0.5, 0.6) is 5.75 Å². The summed E-state index contributed by atoms with van der Waals surface area (Å²) in [5, 5.41) is 1.41. The fraction of sp³-hybridized carbons (Fsp3) is 0.269. The number of hydrogen-bond acceptors (Lipinski definition) is 3. The fourth-order valence-corrected chi connectivity index (χ4v) is 6.21. The Hall–Kier alpha value is -2.36. The first-order valence-corrected chi connectivity index (χ1v) is 11.4. The van der Waals surface area contributed by atoms with Crippen molar-refractivity contribution in [1.82, 2.24) is 4.98 Å². The second-order valence-electron chi connectivity index (χ2n) is 8.17. The van der Waals surface area contributed by atoms with Gasteiger partial charge in [-0.15, -0.1) is 23.7 Å². The summed E-state index contributed by atoms with van der Waals surface area (Å²) >= 11 is 1.92. The highest BCUT2D eigenvalue weighted by Gasteiger charge is 2.27.